The molecular formula is C13H19F2NO2S. The molecule has 0 aromatic heterocycles. The molecule has 19 heavy (non-hydrogen) atoms. The van der Waals surface area contributed by atoms with Crippen LogP contribution in [0.1, 0.15) is 25.3 Å². The van der Waals surface area contributed by atoms with Crippen molar-refractivity contribution in [1.29, 1.82) is 0 Å². The number of halogens is 2. The van der Waals surface area contributed by atoms with Gasteiger partial charge >= 0.3 is 0 Å². The Hall–Kier alpha value is -1.01. The van der Waals surface area contributed by atoms with Crippen LogP contribution in [0.25, 0.3) is 0 Å². The largest absolute Gasteiger partial charge is 0.313 e. The Kier molecular flexibility index (Phi) is 5.43. The lowest BCUT2D eigenvalue weighted by atomic mass is 10.0. The van der Waals surface area contributed by atoms with Crippen molar-refractivity contribution in [1.82, 2.24) is 5.32 Å². The third-order valence-corrected chi connectivity index (χ3v) is 3.94. The minimum atomic E-state index is -3.02. The third-order valence-electron chi connectivity index (χ3n) is 2.84. The predicted octanol–water partition coefficient (Wildman–Crippen LogP) is 2.09. The van der Waals surface area contributed by atoms with Crippen LogP contribution in [0.3, 0.4) is 0 Å². The van der Waals surface area contributed by atoms with Gasteiger partial charge in [0.15, 0.2) is 11.6 Å². The second-order valence-electron chi connectivity index (χ2n) is 4.98. The Balaban J connectivity index is 2.55. The van der Waals surface area contributed by atoms with Crippen molar-refractivity contribution in [3.63, 3.8) is 0 Å². The average Bonchev–Trinajstić information content (AvgIpc) is 2.27. The maximum atomic E-state index is 13.1. The molecule has 1 aromatic rings. The van der Waals surface area contributed by atoms with Crippen molar-refractivity contribution in [3.05, 3.63) is 35.4 Å². The topological polar surface area (TPSA) is 46.2 Å². The van der Waals surface area contributed by atoms with Gasteiger partial charge in [-0.15, -0.1) is 0 Å². The lowest BCUT2D eigenvalue weighted by Crippen LogP contribution is -2.35. The van der Waals surface area contributed by atoms with E-state index in [0.717, 1.165) is 6.07 Å². The van der Waals surface area contributed by atoms with Crippen molar-refractivity contribution < 1.29 is 17.2 Å². The zero-order valence-corrected chi connectivity index (χ0v) is 12.1. The lowest BCUT2D eigenvalue weighted by Gasteiger charge is -2.17. The van der Waals surface area contributed by atoms with Crippen molar-refractivity contribution in [2.24, 2.45) is 0 Å². The van der Waals surface area contributed by atoms with Gasteiger partial charge in [0.2, 0.25) is 0 Å². The summed E-state index contributed by atoms with van der Waals surface area (Å²) in [7, 11) is -3.02. The number of nitrogens with one attached hydrogen (secondary N) is 1. The molecule has 6 heteroatoms. The van der Waals surface area contributed by atoms with Crippen LogP contribution in [0.5, 0.6) is 0 Å². The summed E-state index contributed by atoms with van der Waals surface area (Å²) < 4.78 is 48.1. The summed E-state index contributed by atoms with van der Waals surface area (Å²) >= 11 is 0. The van der Waals surface area contributed by atoms with E-state index < -0.39 is 21.5 Å². The highest BCUT2D eigenvalue weighted by atomic mass is 32.2. The summed E-state index contributed by atoms with van der Waals surface area (Å²) in [6.45, 7) is 4.15. The molecule has 0 heterocycles. The van der Waals surface area contributed by atoms with Gasteiger partial charge in [-0.3, -0.25) is 0 Å². The van der Waals surface area contributed by atoms with Crippen LogP contribution in [-0.4, -0.2) is 33.0 Å². The Morgan fingerprint density at radius 3 is 2.37 bits per heavy atom. The van der Waals surface area contributed by atoms with Crippen LogP contribution in [0, 0.1) is 11.6 Å². The SMILES string of the molecule is C[C@@H](CS(C)(=O)=O)NC[C@H](C)c1ccc(F)c(F)c1. The quantitative estimate of drug-likeness (QED) is 0.873. The molecule has 1 N–H and O–H groups in total. The normalized spacial score (nSPS) is 15.2. The summed E-state index contributed by atoms with van der Waals surface area (Å²) in [6.07, 6.45) is 1.18. The molecule has 2 atom stereocenters. The molecule has 108 valence electrons. The maximum absolute atomic E-state index is 13.1. The first-order valence-electron chi connectivity index (χ1n) is 6.05. The smallest absolute Gasteiger partial charge is 0.159 e. The van der Waals surface area contributed by atoms with Crippen LogP contribution in [0.15, 0.2) is 18.2 Å². The average molecular weight is 291 g/mol. The summed E-state index contributed by atoms with van der Waals surface area (Å²) in [6, 6.07) is 3.62. The van der Waals surface area contributed by atoms with Crippen LogP contribution >= 0.6 is 0 Å². The minimum absolute atomic E-state index is 0.0305. The Labute approximate surface area is 112 Å². The molecule has 0 saturated heterocycles. The van der Waals surface area contributed by atoms with Crippen LogP contribution < -0.4 is 5.32 Å². The fourth-order valence-corrected chi connectivity index (χ4v) is 2.85. The summed E-state index contributed by atoms with van der Waals surface area (Å²) in [5.74, 6) is -1.71. The van der Waals surface area contributed by atoms with Crippen LogP contribution in [0.2, 0.25) is 0 Å². The number of hydrogen-bond donors (Lipinski definition) is 1. The third kappa shape index (κ3) is 5.65. The van der Waals surface area contributed by atoms with Crippen molar-refractivity contribution >= 4 is 9.84 Å². The number of benzene rings is 1. The minimum Gasteiger partial charge on any atom is -0.313 e. The number of sulfone groups is 1. The molecule has 3 nitrogen and oxygen atoms in total. The first kappa shape index (κ1) is 16.0. The second-order valence-corrected chi connectivity index (χ2v) is 7.16. The molecule has 0 bridgehead atoms. The van der Waals surface area contributed by atoms with E-state index in [0.29, 0.717) is 12.1 Å². The maximum Gasteiger partial charge on any atom is 0.159 e. The second kappa shape index (κ2) is 6.43. The van der Waals surface area contributed by atoms with E-state index >= 15 is 0 Å². The van der Waals surface area contributed by atoms with Gasteiger partial charge in [0.1, 0.15) is 9.84 Å². The van der Waals surface area contributed by atoms with Crippen molar-refractivity contribution in [2.45, 2.75) is 25.8 Å². The van der Waals surface area contributed by atoms with E-state index in [-0.39, 0.29) is 17.7 Å². The molecule has 0 radical (unpaired) electrons. The number of hydrogen-bond acceptors (Lipinski definition) is 3. The van der Waals surface area contributed by atoms with Gasteiger partial charge in [0.25, 0.3) is 0 Å². The molecule has 0 fully saturated rings. The first-order chi connectivity index (χ1) is 8.69. The van der Waals surface area contributed by atoms with E-state index in [1.807, 2.05) is 6.92 Å². The van der Waals surface area contributed by atoms with Crippen LogP contribution in [-0.2, 0) is 9.84 Å². The van der Waals surface area contributed by atoms with Gasteiger partial charge < -0.3 is 5.32 Å². The van der Waals surface area contributed by atoms with E-state index in [4.69, 9.17) is 0 Å². The first-order valence-corrected chi connectivity index (χ1v) is 8.11. The van der Waals surface area contributed by atoms with Gasteiger partial charge in [-0.1, -0.05) is 13.0 Å². The van der Waals surface area contributed by atoms with Crippen LogP contribution in [0.4, 0.5) is 8.78 Å². The molecule has 1 aromatic carbocycles. The zero-order valence-electron chi connectivity index (χ0n) is 11.3. The van der Waals surface area contributed by atoms with Gasteiger partial charge in [-0.25, -0.2) is 17.2 Å². The Morgan fingerprint density at radius 1 is 1.21 bits per heavy atom. The van der Waals surface area contributed by atoms with Crippen molar-refractivity contribution in [2.75, 3.05) is 18.6 Å². The van der Waals surface area contributed by atoms with E-state index in [9.17, 15) is 17.2 Å². The molecule has 0 spiro atoms. The summed E-state index contributed by atoms with van der Waals surface area (Å²) in [5, 5.41) is 3.08. The van der Waals surface area contributed by atoms with Crippen molar-refractivity contribution in [3.8, 4) is 0 Å². The molecule has 0 aliphatic carbocycles. The molecule has 0 aliphatic heterocycles. The molecular weight excluding hydrogens is 272 g/mol. The van der Waals surface area contributed by atoms with E-state index in [1.54, 1.807) is 6.92 Å². The Bertz CT molecular complexity index is 531. The molecule has 0 aliphatic rings. The summed E-state index contributed by atoms with van der Waals surface area (Å²) in [5.41, 5.74) is 0.679. The highest BCUT2D eigenvalue weighted by Crippen LogP contribution is 2.17. The molecule has 0 unspecified atom stereocenters. The lowest BCUT2D eigenvalue weighted by molar-refractivity contribution is 0.501. The van der Waals surface area contributed by atoms with Gasteiger partial charge in [-0.2, -0.15) is 0 Å². The predicted molar refractivity (Wildman–Crippen MR) is 71.9 cm³/mol. The molecule has 1 rings (SSSR count). The Morgan fingerprint density at radius 2 is 1.84 bits per heavy atom. The standard InChI is InChI=1S/C13H19F2NO2S/c1-9(7-16-10(2)8-19(3,17)18)11-4-5-12(14)13(15)6-11/h4-6,9-10,16H,7-8H2,1-3H3/t9-,10-/m0/s1. The molecule has 0 saturated carbocycles. The van der Waals surface area contributed by atoms with Gasteiger partial charge in [-0.05, 0) is 30.5 Å². The highest BCUT2D eigenvalue weighted by molar-refractivity contribution is 7.90. The van der Waals surface area contributed by atoms with Gasteiger partial charge in [0, 0.05) is 18.8 Å². The highest BCUT2D eigenvalue weighted by Gasteiger charge is 2.13. The molecule has 0 amide bonds. The fraction of sp³-hybridized carbons (Fsp3) is 0.538. The van der Waals surface area contributed by atoms with E-state index in [2.05, 4.69) is 5.32 Å². The zero-order chi connectivity index (χ0) is 14.6. The van der Waals surface area contributed by atoms with Gasteiger partial charge in [0.05, 0.1) is 5.75 Å². The summed E-state index contributed by atoms with van der Waals surface area (Å²) in [4.78, 5) is 0. The van der Waals surface area contributed by atoms with E-state index in [1.165, 1.54) is 18.4 Å². The fourth-order valence-electron chi connectivity index (χ4n) is 1.83. The monoisotopic (exact) mass is 291 g/mol. The number of rotatable bonds is 6.